The van der Waals surface area contributed by atoms with Crippen LogP contribution in [0.15, 0.2) is 46.6 Å². The van der Waals surface area contributed by atoms with Crippen molar-refractivity contribution in [3.05, 3.63) is 46.6 Å². The Labute approximate surface area is 73.0 Å². The van der Waals surface area contributed by atoms with Gasteiger partial charge in [-0.15, -0.1) is 0 Å². The van der Waals surface area contributed by atoms with Crippen molar-refractivity contribution in [3.8, 4) is 0 Å². The number of allylic oxidation sites excluding steroid dienone is 8. The molecule has 0 aromatic carbocycles. The highest BCUT2D eigenvalue weighted by Crippen LogP contribution is 2.40. The van der Waals surface area contributed by atoms with Gasteiger partial charge >= 0.3 is 0 Å². The molecular formula is C12H12. The molecule has 60 valence electrons. The fraction of sp³-hybridized carbons (Fsp3) is 0.333. The summed E-state index contributed by atoms with van der Waals surface area (Å²) < 4.78 is 0. The van der Waals surface area contributed by atoms with Crippen molar-refractivity contribution in [2.45, 2.75) is 25.7 Å². The van der Waals surface area contributed by atoms with Crippen LogP contribution in [0.2, 0.25) is 0 Å². The van der Waals surface area contributed by atoms with Crippen LogP contribution in [-0.2, 0) is 0 Å². The molecule has 3 aliphatic carbocycles. The molecule has 0 N–H and O–H groups in total. The highest BCUT2D eigenvalue weighted by atomic mass is 14.3. The first-order valence-electron chi connectivity index (χ1n) is 4.74. The largest absolute Gasteiger partial charge is 0.0626 e. The first-order valence-corrected chi connectivity index (χ1v) is 4.74. The van der Waals surface area contributed by atoms with E-state index in [1.807, 2.05) is 0 Å². The third kappa shape index (κ3) is 0.781. The number of rotatable bonds is 0. The van der Waals surface area contributed by atoms with Crippen LogP contribution in [-0.4, -0.2) is 0 Å². The fourth-order valence-electron chi connectivity index (χ4n) is 2.40. The van der Waals surface area contributed by atoms with Gasteiger partial charge in [-0.3, -0.25) is 0 Å². The van der Waals surface area contributed by atoms with Gasteiger partial charge in [0.1, 0.15) is 0 Å². The van der Waals surface area contributed by atoms with Crippen LogP contribution in [0.4, 0.5) is 0 Å². The first-order chi connectivity index (χ1) is 5.93. The standard InChI is InChI=1S/C12H12/c1-3-9-7-11-5-2-6-12(11)8-10(9)4-1/h1,3-4,7H,2,5-6,8H2. The quantitative estimate of drug-likeness (QED) is 0.505. The first kappa shape index (κ1) is 6.47. The van der Waals surface area contributed by atoms with E-state index in [1.165, 1.54) is 36.8 Å². The maximum atomic E-state index is 2.39. The highest BCUT2D eigenvalue weighted by Gasteiger charge is 2.20. The molecule has 3 rings (SSSR count). The summed E-state index contributed by atoms with van der Waals surface area (Å²) in [5.41, 5.74) is 6.34. The van der Waals surface area contributed by atoms with E-state index >= 15 is 0 Å². The van der Waals surface area contributed by atoms with Crippen molar-refractivity contribution in [2.24, 2.45) is 0 Å². The molecule has 0 aromatic rings. The lowest BCUT2D eigenvalue weighted by molar-refractivity contribution is 0.886. The smallest absolute Gasteiger partial charge is 0.00553 e. The van der Waals surface area contributed by atoms with Crippen LogP contribution in [0.5, 0.6) is 0 Å². The maximum absolute atomic E-state index is 2.39. The number of hydrogen-bond acceptors (Lipinski definition) is 0. The lowest BCUT2D eigenvalue weighted by Crippen LogP contribution is -1.94. The number of fused-ring (bicyclic) bond motifs is 1. The molecule has 0 aromatic heterocycles. The molecular weight excluding hydrogens is 144 g/mol. The zero-order chi connectivity index (χ0) is 7.97. The predicted octanol–water partition coefficient (Wildman–Crippen LogP) is 3.29. The summed E-state index contributed by atoms with van der Waals surface area (Å²) in [4.78, 5) is 0. The lowest BCUT2D eigenvalue weighted by Gasteiger charge is -2.13. The van der Waals surface area contributed by atoms with E-state index in [0.29, 0.717) is 0 Å². The van der Waals surface area contributed by atoms with Gasteiger partial charge in [-0.1, -0.05) is 29.9 Å². The Morgan fingerprint density at radius 3 is 3.17 bits per heavy atom. The van der Waals surface area contributed by atoms with E-state index in [4.69, 9.17) is 0 Å². The summed E-state index contributed by atoms with van der Waals surface area (Å²) in [6, 6.07) is 0. The van der Waals surface area contributed by atoms with Crippen molar-refractivity contribution < 1.29 is 0 Å². The van der Waals surface area contributed by atoms with Crippen LogP contribution in [0.25, 0.3) is 0 Å². The second kappa shape index (κ2) is 2.22. The Balaban J connectivity index is 2.08. The van der Waals surface area contributed by atoms with Gasteiger partial charge in [0, 0.05) is 0 Å². The molecule has 12 heavy (non-hydrogen) atoms. The van der Waals surface area contributed by atoms with Crippen molar-refractivity contribution in [1.29, 1.82) is 0 Å². The van der Waals surface area contributed by atoms with Crippen molar-refractivity contribution in [2.75, 3.05) is 0 Å². The molecule has 0 amide bonds. The SMILES string of the molecule is C1=CC2=CC3=C(CCC3)CC2=C1. The van der Waals surface area contributed by atoms with E-state index in [2.05, 4.69) is 24.3 Å². The molecule has 0 saturated carbocycles. The zero-order valence-corrected chi connectivity index (χ0v) is 7.14. The van der Waals surface area contributed by atoms with Gasteiger partial charge in [-0.05, 0) is 42.4 Å². The van der Waals surface area contributed by atoms with Gasteiger partial charge in [0.15, 0.2) is 0 Å². The zero-order valence-electron chi connectivity index (χ0n) is 7.14. The van der Waals surface area contributed by atoms with Crippen molar-refractivity contribution >= 4 is 0 Å². The summed E-state index contributed by atoms with van der Waals surface area (Å²) in [5.74, 6) is 0. The average Bonchev–Trinajstić information content (AvgIpc) is 2.64. The summed E-state index contributed by atoms with van der Waals surface area (Å²) in [6.07, 6.45) is 14.3. The molecule has 0 nitrogen and oxygen atoms in total. The van der Waals surface area contributed by atoms with Gasteiger partial charge in [-0.2, -0.15) is 0 Å². The van der Waals surface area contributed by atoms with E-state index < -0.39 is 0 Å². The molecule has 0 unspecified atom stereocenters. The van der Waals surface area contributed by atoms with Gasteiger partial charge in [0.25, 0.3) is 0 Å². The number of hydrogen-bond donors (Lipinski definition) is 0. The van der Waals surface area contributed by atoms with E-state index in [0.717, 1.165) is 0 Å². The maximum Gasteiger partial charge on any atom is -0.00553 e. The molecule has 0 fully saturated rings. The second-order valence-electron chi connectivity index (χ2n) is 3.81. The van der Waals surface area contributed by atoms with E-state index in [-0.39, 0.29) is 0 Å². The molecule has 0 bridgehead atoms. The Morgan fingerprint density at radius 2 is 2.17 bits per heavy atom. The van der Waals surface area contributed by atoms with Crippen LogP contribution in [0, 0.1) is 0 Å². The molecule has 0 aliphatic heterocycles. The van der Waals surface area contributed by atoms with Gasteiger partial charge < -0.3 is 0 Å². The Bertz CT molecular complexity index is 348. The normalized spacial score (nSPS) is 25.3. The third-order valence-corrected chi connectivity index (χ3v) is 3.06. The predicted molar refractivity (Wildman–Crippen MR) is 50.8 cm³/mol. The van der Waals surface area contributed by atoms with Crippen molar-refractivity contribution in [1.82, 2.24) is 0 Å². The summed E-state index contributed by atoms with van der Waals surface area (Å²) in [5, 5.41) is 0. The molecule has 0 atom stereocenters. The Kier molecular flexibility index (Phi) is 1.20. The van der Waals surface area contributed by atoms with Crippen molar-refractivity contribution in [3.63, 3.8) is 0 Å². The molecule has 0 spiro atoms. The monoisotopic (exact) mass is 156 g/mol. The Hall–Kier alpha value is -1.04. The minimum atomic E-state index is 1.23. The summed E-state index contributed by atoms with van der Waals surface area (Å²) >= 11 is 0. The van der Waals surface area contributed by atoms with E-state index in [9.17, 15) is 0 Å². The molecule has 0 saturated heterocycles. The summed E-state index contributed by atoms with van der Waals surface area (Å²) in [6.45, 7) is 0. The van der Waals surface area contributed by atoms with Crippen LogP contribution in [0.1, 0.15) is 25.7 Å². The molecule has 0 heteroatoms. The molecule has 0 radical (unpaired) electrons. The van der Waals surface area contributed by atoms with Crippen LogP contribution in [0.3, 0.4) is 0 Å². The second-order valence-corrected chi connectivity index (χ2v) is 3.81. The molecule has 3 aliphatic rings. The lowest BCUT2D eigenvalue weighted by atomic mass is 9.91. The van der Waals surface area contributed by atoms with Crippen LogP contribution < -0.4 is 0 Å². The van der Waals surface area contributed by atoms with Gasteiger partial charge in [0.05, 0.1) is 0 Å². The molecule has 0 heterocycles. The third-order valence-electron chi connectivity index (χ3n) is 3.06. The fourth-order valence-corrected chi connectivity index (χ4v) is 2.40. The average molecular weight is 156 g/mol. The van der Waals surface area contributed by atoms with E-state index in [1.54, 1.807) is 11.1 Å². The topological polar surface area (TPSA) is 0 Å². The Morgan fingerprint density at radius 1 is 1.17 bits per heavy atom. The summed E-state index contributed by atoms with van der Waals surface area (Å²) in [7, 11) is 0. The minimum Gasteiger partial charge on any atom is -0.0626 e. The van der Waals surface area contributed by atoms with Gasteiger partial charge in [-0.25, -0.2) is 0 Å². The van der Waals surface area contributed by atoms with Crippen LogP contribution >= 0.6 is 0 Å². The highest BCUT2D eigenvalue weighted by molar-refractivity contribution is 5.57. The van der Waals surface area contributed by atoms with Gasteiger partial charge in [0.2, 0.25) is 0 Å². The minimum absolute atomic E-state index is 1.23.